The highest BCUT2D eigenvalue weighted by atomic mass is 16.5. The minimum atomic E-state index is 0.258. The summed E-state index contributed by atoms with van der Waals surface area (Å²) in [6.45, 7) is 12.9. The van der Waals surface area contributed by atoms with E-state index in [4.69, 9.17) is 4.74 Å². The van der Waals surface area contributed by atoms with Crippen LogP contribution in [0.4, 0.5) is 11.6 Å². The molecular formula is C15H28N4O. The van der Waals surface area contributed by atoms with Gasteiger partial charge in [0.1, 0.15) is 18.0 Å². The van der Waals surface area contributed by atoms with E-state index in [0.29, 0.717) is 12.5 Å². The van der Waals surface area contributed by atoms with Crippen LogP contribution in [0, 0.1) is 0 Å². The molecule has 0 aliphatic rings. The van der Waals surface area contributed by atoms with Crippen molar-refractivity contribution in [1.82, 2.24) is 9.97 Å². The molecule has 5 nitrogen and oxygen atoms in total. The molecule has 0 fully saturated rings. The van der Waals surface area contributed by atoms with Gasteiger partial charge in [-0.3, -0.25) is 0 Å². The van der Waals surface area contributed by atoms with Gasteiger partial charge in [0, 0.05) is 18.7 Å². The monoisotopic (exact) mass is 280 g/mol. The minimum Gasteiger partial charge on any atom is -0.377 e. The number of nitrogens with one attached hydrogen (secondary N) is 2. The largest absolute Gasteiger partial charge is 0.377 e. The zero-order valence-electron chi connectivity index (χ0n) is 13.4. The van der Waals surface area contributed by atoms with Gasteiger partial charge in [-0.2, -0.15) is 0 Å². The topological polar surface area (TPSA) is 59.1 Å². The van der Waals surface area contributed by atoms with Gasteiger partial charge in [-0.25, -0.2) is 9.97 Å². The lowest BCUT2D eigenvalue weighted by molar-refractivity contribution is 0.0870. The van der Waals surface area contributed by atoms with Crippen molar-refractivity contribution < 1.29 is 4.74 Å². The van der Waals surface area contributed by atoms with Crippen LogP contribution in [0.1, 0.15) is 52.5 Å². The summed E-state index contributed by atoms with van der Waals surface area (Å²) >= 11 is 0. The highest BCUT2D eigenvalue weighted by Crippen LogP contribution is 2.28. The van der Waals surface area contributed by atoms with Crippen molar-refractivity contribution in [1.29, 1.82) is 0 Å². The zero-order valence-corrected chi connectivity index (χ0v) is 13.4. The first-order chi connectivity index (χ1) is 9.56. The number of aromatic nitrogens is 2. The SMILES string of the molecule is CCCNc1ncnc(NCCOC(C)C)c1C(C)C. The number of anilines is 2. The Balaban J connectivity index is 2.73. The summed E-state index contributed by atoms with van der Waals surface area (Å²) in [5.74, 6) is 2.20. The predicted octanol–water partition coefficient (Wildman–Crippen LogP) is 3.26. The molecular weight excluding hydrogens is 252 g/mol. The van der Waals surface area contributed by atoms with E-state index in [1.54, 1.807) is 6.33 Å². The third-order valence-corrected chi connectivity index (χ3v) is 2.85. The van der Waals surface area contributed by atoms with Crippen LogP contribution in [0.25, 0.3) is 0 Å². The number of hydrogen-bond acceptors (Lipinski definition) is 5. The lowest BCUT2D eigenvalue weighted by Gasteiger charge is -2.18. The Bertz CT molecular complexity index is 393. The van der Waals surface area contributed by atoms with Crippen molar-refractivity contribution in [2.75, 3.05) is 30.3 Å². The van der Waals surface area contributed by atoms with Crippen LogP contribution in [0.2, 0.25) is 0 Å². The maximum Gasteiger partial charge on any atom is 0.135 e. The molecule has 1 aromatic rings. The van der Waals surface area contributed by atoms with Crippen LogP contribution in [0.15, 0.2) is 6.33 Å². The van der Waals surface area contributed by atoms with Gasteiger partial charge in [0.15, 0.2) is 0 Å². The molecule has 5 heteroatoms. The molecule has 2 N–H and O–H groups in total. The summed E-state index contributed by atoms with van der Waals surface area (Å²) in [5.41, 5.74) is 1.14. The van der Waals surface area contributed by atoms with Crippen LogP contribution in [-0.2, 0) is 4.74 Å². The fraction of sp³-hybridized carbons (Fsp3) is 0.733. The molecule has 0 aliphatic heterocycles. The third kappa shape index (κ3) is 5.33. The molecule has 0 radical (unpaired) electrons. The lowest BCUT2D eigenvalue weighted by Crippen LogP contribution is -2.16. The van der Waals surface area contributed by atoms with Crippen molar-refractivity contribution in [3.8, 4) is 0 Å². The van der Waals surface area contributed by atoms with Crippen LogP contribution >= 0.6 is 0 Å². The number of hydrogen-bond donors (Lipinski definition) is 2. The van der Waals surface area contributed by atoms with Gasteiger partial charge in [-0.1, -0.05) is 20.8 Å². The quantitative estimate of drug-likeness (QED) is 0.680. The summed E-state index contributed by atoms with van der Waals surface area (Å²) in [6, 6.07) is 0. The molecule has 0 atom stereocenters. The summed E-state index contributed by atoms with van der Waals surface area (Å²) in [4.78, 5) is 8.73. The molecule has 20 heavy (non-hydrogen) atoms. The first-order valence-corrected chi connectivity index (χ1v) is 7.50. The molecule has 114 valence electrons. The average Bonchev–Trinajstić information content (AvgIpc) is 2.40. The Labute approximate surface area is 122 Å². The second kappa shape index (κ2) is 8.74. The van der Waals surface area contributed by atoms with Gasteiger partial charge in [0.25, 0.3) is 0 Å². The molecule has 1 aromatic heterocycles. The van der Waals surface area contributed by atoms with Gasteiger partial charge < -0.3 is 15.4 Å². The van der Waals surface area contributed by atoms with Crippen molar-refractivity contribution >= 4 is 11.6 Å². The molecule has 0 amide bonds. The van der Waals surface area contributed by atoms with Crippen LogP contribution < -0.4 is 10.6 Å². The van der Waals surface area contributed by atoms with Gasteiger partial charge in [0.05, 0.1) is 12.7 Å². The smallest absolute Gasteiger partial charge is 0.135 e. The Kier molecular flexibility index (Phi) is 7.30. The Hall–Kier alpha value is -1.36. The molecule has 0 spiro atoms. The molecule has 0 saturated carbocycles. The third-order valence-electron chi connectivity index (χ3n) is 2.85. The maximum absolute atomic E-state index is 5.54. The standard InChI is InChI=1S/C15H28N4O/c1-6-7-16-14-13(11(2)3)15(19-10-18-14)17-8-9-20-12(4)5/h10-12H,6-9H2,1-5H3,(H2,16,17,18,19). The van der Waals surface area contributed by atoms with Crippen molar-refractivity contribution in [3.05, 3.63) is 11.9 Å². The summed E-state index contributed by atoms with van der Waals surface area (Å²) in [6.07, 6.45) is 2.94. The van der Waals surface area contributed by atoms with Gasteiger partial charge >= 0.3 is 0 Å². The first kappa shape index (κ1) is 16.7. The van der Waals surface area contributed by atoms with Crippen LogP contribution in [0.3, 0.4) is 0 Å². The van der Waals surface area contributed by atoms with E-state index in [0.717, 1.165) is 36.7 Å². The fourth-order valence-electron chi connectivity index (χ4n) is 1.93. The van der Waals surface area contributed by atoms with E-state index in [2.05, 4.69) is 41.4 Å². The van der Waals surface area contributed by atoms with Gasteiger partial charge in [-0.15, -0.1) is 0 Å². The van der Waals surface area contributed by atoms with E-state index in [1.165, 1.54) is 0 Å². The molecule has 1 heterocycles. The van der Waals surface area contributed by atoms with Crippen molar-refractivity contribution in [2.24, 2.45) is 0 Å². The molecule has 1 rings (SSSR count). The van der Waals surface area contributed by atoms with E-state index in [9.17, 15) is 0 Å². The summed E-state index contributed by atoms with van der Waals surface area (Å²) in [5, 5.41) is 6.72. The Morgan fingerprint density at radius 2 is 1.65 bits per heavy atom. The van der Waals surface area contributed by atoms with E-state index in [1.807, 2.05) is 13.8 Å². The average molecular weight is 280 g/mol. The van der Waals surface area contributed by atoms with E-state index >= 15 is 0 Å². The molecule has 0 saturated heterocycles. The van der Waals surface area contributed by atoms with Gasteiger partial charge in [-0.05, 0) is 26.2 Å². The predicted molar refractivity (Wildman–Crippen MR) is 84.5 cm³/mol. The number of nitrogens with zero attached hydrogens (tertiary/aromatic N) is 2. The number of ether oxygens (including phenoxy) is 1. The van der Waals surface area contributed by atoms with E-state index < -0.39 is 0 Å². The minimum absolute atomic E-state index is 0.258. The maximum atomic E-state index is 5.54. The molecule has 0 unspecified atom stereocenters. The van der Waals surface area contributed by atoms with Crippen molar-refractivity contribution in [2.45, 2.75) is 53.1 Å². The lowest BCUT2D eigenvalue weighted by atomic mass is 10.0. The van der Waals surface area contributed by atoms with E-state index in [-0.39, 0.29) is 6.10 Å². The molecule has 0 aliphatic carbocycles. The second-order valence-corrected chi connectivity index (χ2v) is 5.41. The number of rotatable bonds is 9. The molecule has 0 bridgehead atoms. The molecule has 0 aromatic carbocycles. The first-order valence-electron chi connectivity index (χ1n) is 7.50. The van der Waals surface area contributed by atoms with Crippen molar-refractivity contribution in [3.63, 3.8) is 0 Å². The van der Waals surface area contributed by atoms with Gasteiger partial charge in [0.2, 0.25) is 0 Å². The highest BCUT2D eigenvalue weighted by molar-refractivity contribution is 5.58. The second-order valence-electron chi connectivity index (χ2n) is 5.41. The van der Waals surface area contributed by atoms with Crippen LogP contribution in [-0.4, -0.2) is 35.8 Å². The highest BCUT2D eigenvalue weighted by Gasteiger charge is 2.14. The summed E-state index contributed by atoms with van der Waals surface area (Å²) in [7, 11) is 0. The fourth-order valence-corrected chi connectivity index (χ4v) is 1.93. The summed E-state index contributed by atoms with van der Waals surface area (Å²) < 4.78 is 5.54. The Morgan fingerprint density at radius 3 is 2.15 bits per heavy atom. The normalized spacial score (nSPS) is 11.2. The Morgan fingerprint density at radius 1 is 1.05 bits per heavy atom. The van der Waals surface area contributed by atoms with Crippen LogP contribution in [0.5, 0.6) is 0 Å². The zero-order chi connectivity index (χ0) is 15.0.